The van der Waals surface area contributed by atoms with Crippen LogP contribution in [0.4, 0.5) is 10.1 Å². The highest BCUT2D eigenvalue weighted by Gasteiger charge is 2.32. The molecule has 1 fully saturated rings. The highest BCUT2D eigenvalue weighted by atomic mass is 19.1. The van der Waals surface area contributed by atoms with Gasteiger partial charge >= 0.3 is 0 Å². The minimum absolute atomic E-state index is 0.365. The lowest BCUT2D eigenvalue weighted by Gasteiger charge is -2.06. The standard InChI is InChI=1S/C11H11FN2/c1-7-4-11(7)14-10-3-2-9(12)5-8(10)6-13/h2-3,5,7,11,14H,4H2,1H3. The lowest BCUT2D eigenvalue weighted by molar-refractivity contribution is 0.627. The summed E-state index contributed by atoms with van der Waals surface area (Å²) in [6.45, 7) is 2.15. The number of halogens is 1. The molecule has 0 saturated heterocycles. The molecule has 0 spiro atoms. The fraction of sp³-hybridized carbons (Fsp3) is 0.364. The van der Waals surface area contributed by atoms with Gasteiger partial charge in [0.1, 0.15) is 11.9 Å². The Morgan fingerprint density at radius 1 is 1.57 bits per heavy atom. The molecule has 0 amide bonds. The molecule has 0 radical (unpaired) electrons. The van der Waals surface area contributed by atoms with E-state index in [0.29, 0.717) is 17.5 Å². The van der Waals surface area contributed by atoms with Crippen LogP contribution in [0.2, 0.25) is 0 Å². The van der Waals surface area contributed by atoms with Crippen LogP contribution in [0.5, 0.6) is 0 Å². The van der Waals surface area contributed by atoms with Gasteiger partial charge in [-0.1, -0.05) is 6.92 Å². The van der Waals surface area contributed by atoms with Gasteiger partial charge in [0, 0.05) is 6.04 Å². The third-order valence-corrected chi connectivity index (χ3v) is 2.55. The molecule has 1 saturated carbocycles. The summed E-state index contributed by atoms with van der Waals surface area (Å²) < 4.78 is 12.8. The maximum absolute atomic E-state index is 12.8. The average Bonchev–Trinajstić information content (AvgIpc) is 2.85. The van der Waals surface area contributed by atoms with Gasteiger partial charge in [0.05, 0.1) is 11.3 Å². The molecule has 2 rings (SSSR count). The van der Waals surface area contributed by atoms with Crippen molar-refractivity contribution in [2.75, 3.05) is 5.32 Å². The van der Waals surface area contributed by atoms with E-state index < -0.39 is 0 Å². The zero-order valence-corrected chi connectivity index (χ0v) is 7.92. The van der Waals surface area contributed by atoms with Crippen LogP contribution in [-0.2, 0) is 0 Å². The van der Waals surface area contributed by atoms with Gasteiger partial charge in [0.2, 0.25) is 0 Å². The molecule has 2 atom stereocenters. The number of nitriles is 1. The summed E-state index contributed by atoms with van der Waals surface area (Å²) in [5.74, 6) is 0.294. The summed E-state index contributed by atoms with van der Waals surface area (Å²) in [5, 5.41) is 12.0. The van der Waals surface area contributed by atoms with Crippen molar-refractivity contribution in [2.24, 2.45) is 5.92 Å². The molecular formula is C11H11FN2. The van der Waals surface area contributed by atoms with E-state index in [4.69, 9.17) is 5.26 Å². The molecule has 1 aliphatic carbocycles. The number of nitrogens with zero attached hydrogens (tertiary/aromatic N) is 1. The second kappa shape index (κ2) is 3.30. The molecule has 2 unspecified atom stereocenters. The third kappa shape index (κ3) is 1.69. The smallest absolute Gasteiger partial charge is 0.124 e. The van der Waals surface area contributed by atoms with E-state index >= 15 is 0 Å². The molecule has 1 N–H and O–H groups in total. The molecule has 14 heavy (non-hydrogen) atoms. The fourth-order valence-electron chi connectivity index (χ4n) is 1.46. The largest absolute Gasteiger partial charge is 0.381 e. The topological polar surface area (TPSA) is 35.8 Å². The van der Waals surface area contributed by atoms with Crippen molar-refractivity contribution >= 4 is 5.69 Å². The predicted molar refractivity (Wildman–Crippen MR) is 52.3 cm³/mol. The summed E-state index contributed by atoms with van der Waals surface area (Å²) >= 11 is 0. The second-order valence-electron chi connectivity index (χ2n) is 3.77. The van der Waals surface area contributed by atoms with E-state index in [2.05, 4.69) is 12.2 Å². The van der Waals surface area contributed by atoms with Gasteiger partial charge < -0.3 is 5.32 Å². The summed E-state index contributed by atoms with van der Waals surface area (Å²) in [4.78, 5) is 0. The van der Waals surface area contributed by atoms with E-state index in [0.717, 1.165) is 12.1 Å². The minimum atomic E-state index is -0.365. The normalized spacial score (nSPS) is 24.1. The first-order valence-corrected chi connectivity index (χ1v) is 4.67. The first kappa shape index (κ1) is 9.01. The van der Waals surface area contributed by atoms with Crippen LogP contribution in [0, 0.1) is 23.1 Å². The zero-order chi connectivity index (χ0) is 10.1. The van der Waals surface area contributed by atoms with Crippen LogP contribution < -0.4 is 5.32 Å². The van der Waals surface area contributed by atoms with Crippen LogP contribution in [0.15, 0.2) is 18.2 Å². The zero-order valence-electron chi connectivity index (χ0n) is 7.92. The van der Waals surface area contributed by atoms with Crippen LogP contribution >= 0.6 is 0 Å². The van der Waals surface area contributed by atoms with E-state index in [1.165, 1.54) is 12.1 Å². The highest BCUT2D eigenvalue weighted by Crippen LogP contribution is 2.33. The van der Waals surface area contributed by atoms with E-state index in [9.17, 15) is 4.39 Å². The first-order valence-electron chi connectivity index (χ1n) is 4.67. The monoisotopic (exact) mass is 190 g/mol. The van der Waals surface area contributed by atoms with Crippen LogP contribution in [0.25, 0.3) is 0 Å². The molecule has 1 aromatic carbocycles. The van der Waals surface area contributed by atoms with Gasteiger partial charge in [0.15, 0.2) is 0 Å². The Morgan fingerprint density at radius 3 is 2.86 bits per heavy atom. The number of hydrogen-bond donors (Lipinski definition) is 1. The Hall–Kier alpha value is -1.56. The van der Waals surface area contributed by atoms with Crippen molar-refractivity contribution in [1.82, 2.24) is 0 Å². The Balaban J connectivity index is 2.20. The lowest BCUT2D eigenvalue weighted by atomic mass is 10.2. The molecule has 3 heteroatoms. The number of nitrogens with one attached hydrogen (secondary N) is 1. The van der Waals surface area contributed by atoms with Crippen molar-refractivity contribution < 1.29 is 4.39 Å². The van der Waals surface area contributed by atoms with Crippen LogP contribution in [-0.4, -0.2) is 6.04 Å². The highest BCUT2D eigenvalue weighted by molar-refractivity contribution is 5.58. The first-order chi connectivity index (χ1) is 6.70. The van der Waals surface area contributed by atoms with Gasteiger partial charge in [-0.3, -0.25) is 0 Å². The van der Waals surface area contributed by atoms with Gasteiger partial charge in [-0.25, -0.2) is 4.39 Å². The van der Waals surface area contributed by atoms with Gasteiger partial charge in [-0.05, 0) is 30.5 Å². The Labute approximate surface area is 82.4 Å². The molecule has 0 aromatic heterocycles. The van der Waals surface area contributed by atoms with Crippen molar-refractivity contribution in [1.29, 1.82) is 5.26 Å². The quantitative estimate of drug-likeness (QED) is 0.777. The van der Waals surface area contributed by atoms with E-state index in [1.54, 1.807) is 6.07 Å². The Kier molecular flexibility index (Phi) is 2.12. The Bertz CT molecular complexity index is 395. The fourth-order valence-corrected chi connectivity index (χ4v) is 1.46. The molecule has 0 bridgehead atoms. The molecule has 1 aromatic rings. The predicted octanol–water partition coefficient (Wildman–Crippen LogP) is 2.52. The van der Waals surface area contributed by atoms with Crippen LogP contribution in [0.3, 0.4) is 0 Å². The number of benzene rings is 1. The Morgan fingerprint density at radius 2 is 2.29 bits per heavy atom. The summed E-state index contributed by atoms with van der Waals surface area (Å²) in [6, 6.07) is 6.69. The molecule has 72 valence electrons. The van der Waals surface area contributed by atoms with E-state index in [-0.39, 0.29) is 5.82 Å². The molecular weight excluding hydrogens is 179 g/mol. The average molecular weight is 190 g/mol. The summed E-state index contributed by atoms with van der Waals surface area (Å²) in [5.41, 5.74) is 1.12. The molecule has 0 heterocycles. The minimum Gasteiger partial charge on any atom is -0.381 e. The molecule has 0 aliphatic heterocycles. The molecule has 2 nitrogen and oxygen atoms in total. The maximum atomic E-state index is 12.8. The number of anilines is 1. The van der Waals surface area contributed by atoms with Crippen molar-refractivity contribution in [3.8, 4) is 6.07 Å². The second-order valence-corrected chi connectivity index (χ2v) is 3.77. The van der Waals surface area contributed by atoms with Gasteiger partial charge in [-0.2, -0.15) is 5.26 Å². The van der Waals surface area contributed by atoms with Gasteiger partial charge in [-0.15, -0.1) is 0 Å². The SMILES string of the molecule is CC1CC1Nc1ccc(F)cc1C#N. The number of rotatable bonds is 2. The van der Waals surface area contributed by atoms with Gasteiger partial charge in [0.25, 0.3) is 0 Å². The summed E-state index contributed by atoms with van der Waals surface area (Å²) in [7, 11) is 0. The number of hydrogen-bond acceptors (Lipinski definition) is 2. The summed E-state index contributed by atoms with van der Waals surface area (Å²) in [6.07, 6.45) is 1.13. The van der Waals surface area contributed by atoms with Crippen molar-refractivity contribution in [2.45, 2.75) is 19.4 Å². The molecule has 1 aliphatic rings. The third-order valence-electron chi connectivity index (χ3n) is 2.55. The lowest BCUT2D eigenvalue weighted by Crippen LogP contribution is -2.05. The van der Waals surface area contributed by atoms with Crippen molar-refractivity contribution in [3.05, 3.63) is 29.6 Å². The van der Waals surface area contributed by atoms with Crippen molar-refractivity contribution in [3.63, 3.8) is 0 Å². The maximum Gasteiger partial charge on any atom is 0.124 e. The van der Waals surface area contributed by atoms with E-state index in [1.807, 2.05) is 6.07 Å². The van der Waals surface area contributed by atoms with Crippen LogP contribution in [0.1, 0.15) is 18.9 Å².